The SMILES string of the molecule is O=S(=O)(NCC1CCCCS1)c1ccsc1CNC1CC1. The molecule has 0 aromatic carbocycles. The predicted octanol–water partition coefficient (Wildman–Crippen LogP) is 2.56. The van der Waals surface area contributed by atoms with Gasteiger partial charge in [-0.3, -0.25) is 0 Å². The number of hydrogen-bond acceptors (Lipinski definition) is 5. The topological polar surface area (TPSA) is 58.2 Å². The summed E-state index contributed by atoms with van der Waals surface area (Å²) in [5.41, 5.74) is 0. The van der Waals surface area contributed by atoms with Crippen LogP contribution in [0.1, 0.15) is 37.0 Å². The minimum atomic E-state index is -3.37. The molecule has 7 heteroatoms. The molecule has 4 nitrogen and oxygen atoms in total. The number of sulfonamides is 1. The van der Waals surface area contributed by atoms with Crippen LogP contribution in [0.25, 0.3) is 0 Å². The molecule has 0 spiro atoms. The van der Waals surface area contributed by atoms with Crippen molar-refractivity contribution in [1.82, 2.24) is 10.0 Å². The molecule has 0 radical (unpaired) electrons. The molecule has 0 bridgehead atoms. The molecule has 118 valence electrons. The first-order valence-electron chi connectivity index (χ1n) is 7.56. The highest BCUT2D eigenvalue weighted by Crippen LogP contribution is 2.27. The molecular formula is C14H22N2O2S3. The maximum absolute atomic E-state index is 12.5. The molecule has 21 heavy (non-hydrogen) atoms. The van der Waals surface area contributed by atoms with Crippen LogP contribution in [0.15, 0.2) is 16.3 Å². The zero-order chi connectivity index (χ0) is 14.7. The van der Waals surface area contributed by atoms with E-state index in [4.69, 9.17) is 0 Å². The number of nitrogens with one attached hydrogen (secondary N) is 2. The quantitative estimate of drug-likeness (QED) is 0.797. The molecule has 2 fully saturated rings. The first kappa shape index (κ1) is 15.8. The van der Waals surface area contributed by atoms with E-state index in [0.717, 1.165) is 17.1 Å². The Morgan fingerprint density at radius 1 is 1.24 bits per heavy atom. The summed E-state index contributed by atoms with van der Waals surface area (Å²) in [5.74, 6) is 1.15. The van der Waals surface area contributed by atoms with Gasteiger partial charge in [-0.1, -0.05) is 6.42 Å². The van der Waals surface area contributed by atoms with Crippen LogP contribution in [0.2, 0.25) is 0 Å². The zero-order valence-electron chi connectivity index (χ0n) is 12.0. The molecule has 2 aliphatic rings. The highest BCUT2D eigenvalue weighted by Gasteiger charge is 2.24. The van der Waals surface area contributed by atoms with Crippen LogP contribution in [0.3, 0.4) is 0 Å². The van der Waals surface area contributed by atoms with Gasteiger partial charge in [-0.05, 0) is 42.9 Å². The monoisotopic (exact) mass is 346 g/mol. The second kappa shape index (κ2) is 7.00. The molecule has 1 saturated carbocycles. The third kappa shape index (κ3) is 4.45. The predicted molar refractivity (Wildman–Crippen MR) is 89.5 cm³/mol. The van der Waals surface area contributed by atoms with Crippen molar-refractivity contribution in [2.24, 2.45) is 0 Å². The van der Waals surface area contributed by atoms with Crippen LogP contribution in [-0.2, 0) is 16.6 Å². The Labute approximate surface area is 135 Å². The minimum Gasteiger partial charge on any atom is -0.309 e. The first-order chi connectivity index (χ1) is 10.1. The third-order valence-electron chi connectivity index (χ3n) is 3.90. The van der Waals surface area contributed by atoms with Crippen molar-refractivity contribution < 1.29 is 8.42 Å². The maximum atomic E-state index is 12.5. The van der Waals surface area contributed by atoms with Crippen molar-refractivity contribution >= 4 is 33.1 Å². The van der Waals surface area contributed by atoms with Gasteiger partial charge in [0.25, 0.3) is 0 Å². The summed E-state index contributed by atoms with van der Waals surface area (Å²) in [4.78, 5) is 1.38. The second-order valence-corrected chi connectivity index (χ2v) is 9.85. The van der Waals surface area contributed by atoms with E-state index in [1.165, 1.54) is 37.0 Å². The highest BCUT2D eigenvalue weighted by molar-refractivity contribution is 8.00. The fraction of sp³-hybridized carbons (Fsp3) is 0.714. The Kier molecular flexibility index (Phi) is 5.27. The Morgan fingerprint density at radius 2 is 2.10 bits per heavy atom. The van der Waals surface area contributed by atoms with E-state index < -0.39 is 10.0 Å². The van der Waals surface area contributed by atoms with Gasteiger partial charge in [-0.25, -0.2) is 13.1 Å². The lowest BCUT2D eigenvalue weighted by molar-refractivity contribution is 0.572. The van der Waals surface area contributed by atoms with Crippen LogP contribution in [0, 0.1) is 0 Å². The fourth-order valence-corrected chi connectivity index (χ4v) is 6.29. The van der Waals surface area contributed by atoms with Crippen LogP contribution in [0.5, 0.6) is 0 Å². The molecule has 1 aromatic rings. The normalized spacial score (nSPS) is 23.3. The van der Waals surface area contributed by atoms with Crippen LogP contribution >= 0.6 is 23.1 Å². The highest BCUT2D eigenvalue weighted by atomic mass is 32.2. The molecule has 1 aliphatic heterocycles. The lowest BCUT2D eigenvalue weighted by Crippen LogP contribution is -2.32. The minimum absolute atomic E-state index is 0.431. The second-order valence-electron chi connectivity index (χ2n) is 5.70. The first-order valence-corrected chi connectivity index (χ1v) is 11.0. The molecule has 2 heterocycles. The summed E-state index contributed by atoms with van der Waals surface area (Å²) in [7, 11) is -3.37. The van der Waals surface area contributed by atoms with Crippen LogP contribution in [0.4, 0.5) is 0 Å². The van der Waals surface area contributed by atoms with E-state index in [-0.39, 0.29) is 0 Å². The van der Waals surface area contributed by atoms with E-state index in [2.05, 4.69) is 10.0 Å². The summed E-state index contributed by atoms with van der Waals surface area (Å²) in [5, 5.41) is 5.69. The molecule has 1 aliphatic carbocycles. The van der Waals surface area contributed by atoms with Gasteiger partial charge in [0.05, 0.1) is 4.90 Å². The van der Waals surface area contributed by atoms with E-state index in [1.54, 1.807) is 6.07 Å². The fourth-order valence-electron chi connectivity index (χ4n) is 2.47. The van der Waals surface area contributed by atoms with Gasteiger partial charge in [-0.15, -0.1) is 11.3 Å². The number of thiophene rings is 1. The average molecular weight is 347 g/mol. The molecular weight excluding hydrogens is 324 g/mol. The van der Waals surface area contributed by atoms with Gasteiger partial charge in [0, 0.05) is 29.3 Å². The molecule has 1 aromatic heterocycles. The van der Waals surface area contributed by atoms with Crippen LogP contribution < -0.4 is 10.0 Å². The average Bonchev–Trinajstić information content (AvgIpc) is 3.20. The largest absolute Gasteiger partial charge is 0.309 e. The molecule has 0 amide bonds. The third-order valence-corrected chi connectivity index (χ3v) is 7.85. The summed E-state index contributed by atoms with van der Waals surface area (Å²) in [6.07, 6.45) is 6.02. The number of rotatable bonds is 7. The lowest BCUT2D eigenvalue weighted by Gasteiger charge is -2.21. The van der Waals surface area contributed by atoms with E-state index in [9.17, 15) is 8.42 Å². The summed E-state index contributed by atoms with van der Waals surface area (Å²) >= 11 is 3.41. The number of thioether (sulfide) groups is 1. The summed E-state index contributed by atoms with van der Waals surface area (Å²) < 4.78 is 27.8. The van der Waals surface area contributed by atoms with E-state index in [1.807, 2.05) is 17.1 Å². The number of hydrogen-bond donors (Lipinski definition) is 2. The van der Waals surface area contributed by atoms with E-state index in [0.29, 0.717) is 29.3 Å². The van der Waals surface area contributed by atoms with Gasteiger partial charge >= 0.3 is 0 Å². The molecule has 2 N–H and O–H groups in total. The Bertz CT molecular complexity index is 561. The Balaban J connectivity index is 1.59. The van der Waals surface area contributed by atoms with Crippen LogP contribution in [-0.4, -0.2) is 32.0 Å². The Hall–Kier alpha value is -0.0800. The van der Waals surface area contributed by atoms with Crippen molar-refractivity contribution in [2.75, 3.05) is 12.3 Å². The molecule has 1 unspecified atom stereocenters. The van der Waals surface area contributed by atoms with Gasteiger partial charge in [0.15, 0.2) is 0 Å². The van der Waals surface area contributed by atoms with Crippen molar-refractivity contribution in [2.45, 2.75) is 54.8 Å². The molecule has 1 atom stereocenters. The van der Waals surface area contributed by atoms with Crippen molar-refractivity contribution in [3.63, 3.8) is 0 Å². The summed E-state index contributed by atoms with van der Waals surface area (Å²) in [6.45, 7) is 1.22. The summed E-state index contributed by atoms with van der Waals surface area (Å²) in [6, 6.07) is 2.32. The molecule has 3 rings (SSSR count). The maximum Gasteiger partial charge on any atom is 0.241 e. The van der Waals surface area contributed by atoms with Gasteiger partial charge in [0.2, 0.25) is 10.0 Å². The Morgan fingerprint density at radius 3 is 2.81 bits per heavy atom. The van der Waals surface area contributed by atoms with E-state index >= 15 is 0 Å². The smallest absolute Gasteiger partial charge is 0.241 e. The molecule has 1 saturated heterocycles. The van der Waals surface area contributed by atoms with Crippen molar-refractivity contribution in [3.8, 4) is 0 Å². The van der Waals surface area contributed by atoms with Gasteiger partial charge in [-0.2, -0.15) is 11.8 Å². The zero-order valence-corrected chi connectivity index (χ0v) is 14.5. The standard InChI is InChI=1S/C14H22N2O2S3/c17-21(18,16-9-12-3-1-2-7-19-12)14-6-8-20-13(14)10-15-11-4-5-11/h6,8,11-12,15-16H,1-5,7,9-10H2. The van der Waals surface area contributed by atoms with Crippen molar-refractivity contribution in [1.29, 1.82) is 0 Å². The lowest BCUT2D eigenvalue weighted by atomic mass is 10.2. The van der Waals surface area contributed by atoms with Gasteiger partial charge < -0.3 is 5.32 Å². The van der Waals surface area contributed by atoms with Gasteiger partial charge in [0.1, 0.15) is 0 Å². The van der Waals surface area contributed by atoms with Crippen molar-refractivity contribution in [3.05, 3.63) is 16.3 Å².